The molecule has 1 aromatic carbocycles. The van der Waals surface area contributed by atoms with Crippen LogP contribution < -0.4 is 16.0 Å². The molecule has 0 bridgehead atoms. The van der Waals surface area contributed by atoms with Gasteiger partial charge in [-0.3, -0.25) is 0 Å². The smallest absolute Gasteiger partial charge is 0.168 e. The fraction of sp³-hybridized carbons (Fsp3) is 0.333. The van der Waals surface area contributed by atoms with Gasteiger partial charge >= 0.3 is 0 Å². The van der Waals surface area contributed by atoms with Crippen LogP contribution in [0.5, 0.6) is 5.75 Å². The normalized spacial score (nSPS) is 10.7. The lowest BCUT2D eigenvalue weighted by Gasteiger charge is -2.10. The topological polar surface area (TPSA) is 73.1 Å². The highest BCUT2D eigenvalue weighted by Crippen LogP contribution is 2.20. The van der Waals surface area contributed by atoms with E-state index in [0.717, 1.165) is 11.4 Å². The molecule has 0 aliphatic rings. The average molecular weight is 272 g/mol. The Bertz CT molecular complexity index is 584. The first-order valence-electron chi connectivity index (χ1n) is 6.62. The Hall–Kier alpha value is -2.14. The lowest BCUT2D eigenvalue weighted by molar-refractivity contribution is 0.295. The molecule has 0 radical (unpaired) electrons. The van der Waals surface area contributed by atoms with Crippen molar-refractivity contribution in [3.8, 4) is 5.75 Å². The molecule has 0 saturated heterocycles. The monoisotopic (exact) mass is 272 g/mol. The van der Waals surface area contributed by atoms with Crippen LogP contribution >= 0.6 is 0 Å². The molecule has 106 valence electrons. The van der Waals surface area contributed by atoms with Gasteiger partial charge in [-0.15, -0.1) is 0 Å². The minimum atomic E-state index is 0.317. The van der Waals surface area contributed by atoms with Gasteiger partial charge in [-0.2, -0.15) is 0 Å². The van der Waals surface area contributed by atoms with Gasteiger partial charge in [-0.05, 0) is 30.5 Å². The molecule has 1 aromatic heterocycles. The molecule has 5 nitrogen and oxygen atoms in total. The Morgan fingerprint density at radius 2 is 2.05 bits per heavy atom. The zero-order chi connectivity index (χ0) is 14.5. The second-order valence-electron chi connectivity index (χ2n) is 4.97. The molecule has 0 spiro atoms. The summed E-state index contributed by atoms with van der Waals surface area (Å²) in [6, 6.07) is 9.85. The highest BCUT2D eigenvalue weighted by Gasteiger charge is 2.04. The predicted molar refractivity (Wildman–Crippen MR) is 79.4 cm³/mol. The zero-order valence-electron chi connectivity index (χ0n) is 12.1. The molecule has 0 saturated carbocycles. The zero-order valence-corrected chi connectivity index (χ0v) is 12.1. The number of nitrogens with two attached hydrogens (primary N) is 1. The highest BCUT2D eigenvalue weighted by molar-refractivity contribution is 5.34. The van der Waals surface area contributed by atoms with Crippen molar-refractivity contribution in [2.75, 3.05) is 5.43 Å². The standard InChI is InChI=1S/C15H20N4O/c1-10(2)12-5-4-6-13(8-12)20-9-15-17-11(3)7-14(18-15)19-16/h4-8,10H,9,16H2,1-3H3,(H,17,18,19). The minimum absolute atomic E-state index is 0.317. The number of ether oxygens (including phenoxy) is 1. The largest absolute Gasteiger partial charge is 0.486 e. The summed E-state index contributed by atoms with van der Waals surface area (Å²) in [6.07, 6.45) is 0. The summed E-state index contributed by atoms with van der Waals surface area (Å²) >= 11 is 0. The van der Waals surface area contributed by atoms with E-state index in [4.69, 9.17) is 10.6 Å². The van der Waals surface area contributed by atoms with Crippen LogP contribution in [0.1, 0.15) is 36.8 Å². The molecule has 1 heterocycles. The van der Waals surface area contributed by atoms with Crippen molar-refractivity contribution in [3.05, 3.63) is 47.4 Å². The Labute approximate surface area is 119 Å². The summed E-state index contributed by atoms with van der Waals surface area (Å²) in [4.78, 5) is 8.58. The molecule has 0 atom stereocenters. The number of nitrogens with zero attached hydrogens (tertiary/aromatic N) is 2. The van der Waals surface area contributed by atoms with E-state index >= 15 is 0 Å². The Kier molecular flexibility index (Phi) is 4.53. The average Bonchev–Trinajstić information content (AvgIpc) is 2.44. The molecule has 3 N–H and O–H groups in total. The molecule has 0 unspecified atom stereocenters. The van der Waals surface area contributed by atoms with Gasteiger partial charge < -0.3 is 10.2 Å². The van der Waals surface area contributed by atoms with E-state index in [2.05, 4.69) is 35.3 Å². The van der Waals surface area contributed by atoms with Crippen molar-refractivity contribution in [2.45, 2.75) is 33.3 Å². The number of aromatic nitrogens is 2. The first-order chi connectivity index (χ1) is 9.58. The van der Waals surface area contributed by atoms with Crippen molar-refractivity contribution in [1.82, 2.24) is 9.97 Å². The third-order valence-electron chi connectivity index (χ3n) is 2.94. The van der Waals surface area contributed by atoms with Crippen molar-refractivity contribution in [1.29, 1.82) is 0 Å². The van der Waals surface area contributed by atoms with Crippen molar-refractivity contribution < 1.29 is 4.74 Å². The van der Waals surface area contributed by atoms with Crippen molar-refractivity contribution >= 4 is 5.82 Å². The summed E-state index contributed by atoms with van der Waals surface area (Å²) in [5.41, 5.74) is 4.62. The van der Waals surface area contributed by atoms with Crippen LogP contribution in [0.25, 0.3) is 0 Å². The molecule has 2 aromatic rings. The second kappa shape index (κ2) is 6.34. The van der Waals surface area contributed by atoms with Gasteiger partial charge in [0, 0.05) is 11.8 Å². The van der Waals surface area contributed by atoms with Crippen LogP contribution in [0.15, 0.2) is 30.3 Å². The number of benzene rings is 1. The molecular weight excluding hydrogens is 252 g/mol. The molecule has 0 fully saturated rings. The van der Waals surface area contributed by atoms with E-state index in [9.17, 15) is 0 Å². The van der Waals surface area contributed by atoms with E-state index < -0.39 is 0 Å². The quantitative estimate of drug-likeness (QED) is 0.646. The minimum Gasteiger partial charge on any atom is -0.486 e. The summed E-state index contributed by atoms with van der Waals surface area (Å²) in [5, 5.41) is 0. The van der Waals surface area contributed by atoms with E-state index in [1.807, 2.05) is 25.1 Å². The summed E-state index contributed by atoms with van der Waals surface area (Å²) in [5.74, 6) is 7.86. The van der Waals surface area contributed by atoms with Gasteiger partial charge in [0.1, 0.15) is 18.2 Å². The van der Waals surface area contributed by atoms with Crippen LogP contribution in [-0.4, -0.2) is 9.97 Å². The van der Waals surface area contributed by atoms with E-state index in [1.165, 1.54) is 5.56 Å². The number of nitrogen functional groups attached to an aromatic ring is 1. The molecule has 0 aliphatic heterocycles. The predicted octanol–water partition coefficient (Wildman–Crippen LogP) is 2.77. The van der Waals surface area contributed by atoms with Gasteiger partial charge in [0.15, 0.2) is 5.82 Å². The number of nitrogens with one attached hydrogen (secondary N) is 1. The number of hydrogen-bond donors (Lipinski definition) is 2. The van der Waals surface area contributed by atoms with E-state index in [-0.39, 0.29) is 0 Å². The molecule has 2 rings (SSSR count). The summed E-state index contributed by atoms with van der Waals surface area (Å²) < 4.78 is 5.74. The van der Waals surface area contributed by atoms with Crippen LogP contribution in [0.4, 0.5) is 5.82 Å². The highest BCUT2D eigenvalue weighted by atomic mass is 16.5. The molecule has 0 amide bonds. The third kappa shape index (κ3) is 3.68. The number of aryl methyl sites for hydroxylation is 1. The van der Waals surface area contributed by atoms with Gasteiger partial charge in [0.2, 0.25) is 0 Å². The van der Waals surface area contributed by atoms with Crippen LogP contribution in [-0.2, 0) is 6.61 Å². The maximum absolute atomic E-state index is 5.74. The van der Waals surface area contributed by atoms with Gasteiger partial charge in [-0.1, -0.05) is 26.0 Å². The maximum atomic E-state index is 5.74. The Morgan fingerprint density at radius 3 is 2.75 bits per heavy atom. The Balaban J connectivity index is 2.08. The van der Waals surface area contributed by atoms with E-state index in [1.54, 1.807) is 6.07 Å². The number of hydrazine groups is 1. The third-order valence-corrected chi connectivity index (χ3v) is 2.94. The fourth-order valence-electron chi connectivity index (χ4n) is 1.88. The lowest BCUT2D eigenvalue weighted by atomic mass is 10.0. The van der Waals surface area contributed by atoms with Crippen molar-refractivity contribution in [2.24, 2.45) is 5.84 Å². The van der Waals surface area contributed by atoms with E-state index in [0.29, 0.717) is 24.2 Å². The van der Waals surface area contributed by atoms with Crippen LogP contribution in [0.3, 0.4) is 0 Å². The molecule has 5 heteroatoms. The Morgan fingerprint density at radius 1 is 1.25 bits per heavy atom. The maximum Gasteiger partial charge on any atom is 0.168 e. The van der Waals surface area contributed by atoms with Crippen LogP contribution in [0, 0.1) is 6.92 Å². The first kappa shape index (κ1) is 14.3. The molecular formula is C15H20N4O. The lowest BCUT2D eigenvalue weighted by Crippen LogP contribution is -2.12. The molecule has 0 aliphatic carbocycles. The SMILES string of the molecule is Cc1cc(NN)nc(COc2cccc(C(C)C)c2)n1. The van der Waals surface area contributed by atoms with Crippen LogP contribution in [0.2, 0.25) is 0 Å². The summed E-state index contributed by atoms with van der Waals surface area (Å²) in [6.45, 7) is 6.52. The van der Waals surface area contributed by atoms with Crippen molar-refractivity contribution in [3.63, 3.8) is 0 Å². The van der Waals surface area contributed by atoms with Gasteiger partial charge in [0.25, 0.3) is 0 Å². The van der Waals surface area contributed by atoms with Gasteiger partial charge in [0.05, 0.1) is 0 Å². The summed E-state index contributed by atoms with van der Waals surface area (Å²) in [7, 11) is 0. The fourth-order valence-corrected chi connectivity index (χ4v) is 1.88. The molecule has 20 heavy (non-hydrogen) atoms. The first-order valence-corrected chi connectivity index (χ1v) is 6.62. The number of rotatable bonds is 5. The van der Waals surface area contributed by atoms with Gasteiger partial charge in [-0.25, -0.2) is 15.8 Å². The second-order valence-corrected chi connectivity index (χ2v) is 4.97. The number of anilines is 1. The number of hydrogen-bond acceptors (Lipinski definition) is 5.